The summed E-state index contributed by atoms with van der Waals surface area (Å²) in [6, 6.07) is 18.2. The molecule has 2 aromatic heterocycles. The first-order valence-corrected chi connectivity index (χ1v) is 13.7. The third-order valence-electron chi connectivity index (χ3n) is 8.15. The number of hydrogen-bond acceptors (Lipinski definition) is 6. The molecule has 7 heteroatoms. The van der Waals surface area contributed by atoms with Gasteiger partial charge in [-0.2, -0.15) is 5.26 Å². The highest BCUT2D eigenvalue weighted by atomic mass is 16.3. The SMILES string of the molecule is CCCC(C(O)CC)n1cnc2c(cc(CN3CCC(C#N)(c4ccccn4)CC3)c3ccccc32)c1=O. The Kier molecular flexibility index (Phi) is 7.55. The highest BCUT2D eigenvalue weighted by Crippen LogP contribution is 2.35. The van der Waals surface area contributed by atoms with E-state index in [1.54, 1.807) is 17.1 Å². The monoisotopic (exact) mass is 509 g/mol. The normalized spacial score (nSPS) is 17.3. The zero-order valence-corrected chi connectivity index (χ0v) is 22.2. The second-order valence-electron chi connectivity index (χ2n) is 10.5. The summed E-state index contributed by atoms with van der Waals surface area (Å²) in [7, 11) is 0. The number of likely N-dealkylation sites (tertiary alicyclic amines) is 1. The molecule has 1 N–H and O–H groups in total. The van der Waals surface area contributed by atoms with Crippen LogP contribution < -0.4 is 5.56 Å². The van der Waals surface area contributed by atoms with E-state index < -0.39 is 11.5 Å². The summed E-state index contributed by atoms with van der Waals surface area (Å²) < 4.78 is 1.63. The lowest BCUT2D eigenvalue weighted by Crippen LogP contribution is -2.42. The summed E-state index contributed by atoms with van der Waals surface area (Å²) >= 11 is 0. The highest BCUT2D eigenvalue weighted by Gasteiger charge is 2.37. The number of rotatable bonds is 8. The van der Waals surface area contributed by atoms with E-state index in [0.717, 1.165) is 41.5 Å². The van der Waals surface area contributed by atoms with Gasteiger partial charge in [-0.15, -0.1) is 0 Å². The molecule has 4 aromatic rings. The molecule has 0 saturated carbocycles. The van der Waals surface area contributed by atoms with Crippen molar-refractivity contribution in [1.82, 2.24) is 19.4 Å². The molecule has 1 aliphatic heterocycles. The van der Waals surface area contributed by atoms with Gasteiger partial charge in [-0.05, 0) is 54.8 Å². The molecular weight excluding hydrogens is 474 g/mol. The molecule has 2 atom stereocenters. The number of aliphatic hydroxyl groups is 1. The topological polar surface area (TPSA) is 95.0 Å². The van der Waals surface area contributed by atoms with E-state index in [-0.39, 0.29) is 11.6 Å². The van der Waals surface area contributed by atoms with E-state index in [9.17, 15) is 15.2 Å². The second kappa shape index (κ2) is 11.0. The van der Waals surface area contributed by atoms with Crippen LogP contribution in [0.1, 0.15) is 63.3 Å². The molecule has 0 bridgehead atoms. The highest BCUT2D eigenvalue weighted by molar-refractivity contribution is 6.06. The van der Waals surface area contributed by atoms with Crippen LogP contribution in [-0.4, -0.2) is 43.7 Å². The largest absolute Gasteiger partial charge is 0.391 e. The van der Waals surface area contributed by atoms with Gasteiger partial charge in [0.15, 0.2) is 0 Å². The molecule has 0 radical (unpaired) electrons. The fourth-order valence-electron chi connectivity index (χ4n) is 5.91. The van der Waals surface area contributed by atoms with Crippen molar-refractivity contribution in [2.75, 3.05) is 13.1 Å². The van der Waals surface area contributed by atoms with Crippen LogP contribution >= 0.6 is 0 Å². The van der Waals surface area contributed by atoms with Crippen LogP contribution in [0, 0.1) is 11.3 Å². The molecule has 0 amide bonds. The summed E-state index contributed by atoms with van der Waals surface area (Å²) in [5.74, 6) is 0. The van der Waals surface area contributed by atoms with E-state index in [1.165, 1.54) is 0 Å². The summed E-state index contributed by atoms with van der Waals surface area (Å²) in [4.78, 5) is 25.4. The van der Waals surface area contributed by atoms with Crippen molar-refractivity contribution < 1.29 is 5.11 Å². The van der Waals surface area contributed by atoms with Gasteiger partial charge in [-0.3, -0.25) is 19.2 Å². The van der Waals surface area contributed by atoms with Gasteiger partial charge in [0.2, 0.25) is 0 Å². The van der Waals surface area contributed by atoms with Gasteiger partial charge in [-0.1, -0.05) is 50.6 Å². The lowest BCUT2D eigenvalue weighted by molar-refractivity contribution is 0.101. The maximum atomic E-state index is 13.8. The molecule has 5 rings (SSSR count). The number of fused-ring (bicyclic) bond motifs is 3. The number of nitriles is 1. The van der Waals surface area contributed by atoms with Gasteiger partial charge in [-0.25, -0.2) is 4.98 Å². The summed E-state index contributed by atoms with van der Waals surface area (Å²) in [6.07, 6.45) is 6.37. The Hall–Kier alpha value is -3.60. The first-order valence-electron chi connectivity index (χ1n) is 13.7. The minimum Gasteiger partial charge on any atom is -0.391 e. The fourth-order valence-corrected chi connectivity index (χ4v) is 5.91. The van der Waals surface area contributed by atoms with Gasteiger partial charge >= 0.3 is 0 Å². The standard InChI is InChI=1S/C31H35N5O2/c1-3-9-26(27(37)4-2)36-21-34-29-24-11-6-5-10-23(24)22(18-25(29)30(36)38)19-35-16-13-31(20-32,14-17-35)28-12-7-8-15-33-28/h5-8,10-12,15,18,21,26-27,37H,3-4,9,13-14,16-17,19H2,1-2H3. The van der Waals surface area contributed by atoms with Gasteiger partial charge in [0.25, 0.3) is 5.56 Å². The molecule has 1 fully saturated rings. The van der Waals surface area contributed by atoms with E-state index in [2.05, 4.69) is 28.9 Å². The number of aromatic nitrogens is 3. The molecule has 2 unspecified atom stereocenters. The van der Waals surface area contributed by atoms with Gasteiger partial charge in [0.1, 0.15) is 5.41 Å². The molecule has 38 heavy (non-hydrogen) atoms. The van der Waals surface area contributed by atoms with Crippen LogP contribution in [0.5, 0.6) is 0 Å². The predicted octanol–water partition coefficient (Wildman–Crippen LogP) is 5.11. The van der Waals surface area contributed by atoms with E-state index in [4.69, 9.17) is 4.98 Å². The van der Waals surface area contributed by atoms with Crippen molar-refractivity contribution >= 4 is 21.7 Å². The summed E-state index contributed by atoms with van der Waals surface area (Å²) in [5, 5.41) is 23.4. The molecule has 196 valence electrons. The van der Waals surface area contributed by atoms with Gasteiger partial charge < -0.3 is 5.11 Å². The third-order valence-corrected chi connectivity index (χ3v) is 8.15. The van der Waals surface area contributed by atoms with Gasteiger partial charge in [0.05, 0.1) is 41.1 Å². The Bertz CT molecular complexity index is 1520. The van der Waals surface area contributed by atoms with Crippen LogP contribution in [0.15, 0.2) is 65.8 Å². The smallest absolute Gasteiger partial charge is 0.261 e. The molecule has 0 aliphatic carbocycles. The van der Waals surface area contributed by atoms with Crippen LogP contribution in [0.2, 0.25) is 0 Å². The van der Waals surface area contributed by atoms with Crippen LogP contribution in [0.25, 0.3) is 21.7 Å². The number of piperidine rings is 1. The Balaban J connectivity index is 1.51. The van der Waals surface area contributed by atoms with Crippen molar-refractivity contribution in [3.8, 4) is 6.07 Å². The van der Waals surface area contributed by atoms with Crippen molar-refractivity contribution in [1.29, 1.82) is 5.26 Å². The van der Waals surface area contributed by atoms with Crippen molar-refractivity contribution in [3.05, 3.63) is 82.7 Å². The van der Waals surface area contributed by atoms with E-state index in [0.29, 0.717) is 43.1 Å². The van der Waals surface area contributed by atoms with Crippen molar-refractivity contribution in [2.45, 2.75) is 70.1 Å². The Morgan fingerprint density at radius 2 is 1.79 bits per heavy atom. The number of benzene rings is 2. The first-order chi connectivity index (χ1) is 18.5. The molecule has 1 saturated heterocycles. The first kappa shape index (κ1) is 26.0. The second-order valence-corrected chi connectivity index (χ2v) is 10.5. The number of hydrogen-bond donors (Lipinski definition) is 1. The fraction of sp³-hybridized carbons (Fsp3) is 0.419. The lowest BCUT2D eigenvalue weighted by atomic mass is 9.76. The summed E-state index contributed by atoms with van der Waals surface area (Å²) in [6.45, 7) is 6.23. The van der Waals surface area contributed by atoms with E-state index >= 15 is 0 Å². The zero-order chi connectivity index (χ0) is 26.7. The number of pyridine rings is 1. The molecule has 2 aromatic carbocycles. The average Bonchev–Trinajstić information content (AvgIpc) is 2.97. The number of nitrogens with zero attached hydrogens (tertiary/aromatic N) is 5. The van der Waals surface area contributed by atoms with Crippen LogP contribution in [0.3, 0.4) is 0 Å². The molecule has 7 nitrogen and oxygen atoms in total. The quantitative estimate of drug-likeness (QED) is 0.332. The molecular formula is C31H35N5O2. The maximum Gasteiger partial charge on any atom is 0.261 e. The zero-order valence-electron chi connectivity index (χ0n) is 22.2. The molecule has 0 spiro atoms. The van der Waals surface area contributed by atoms with Crippen molar-refractivity contribution in [2.24, 2.45) is 0 Å². The third kappa shape index (κ3) is 4.70. The Morgan fingerprint density at radius 3 is 2.45 bits per heavy atom. The van der Waals surface area contributed by atoms with E-state index in [1.807, 2.05) is 49.4 Å². The Morgan fingerprint density at radius 1 is 1.05 bits per heavy atom. The number of aliphatic hydroxyl groups excluding tert-OH is 1. The minimum absolute atomic E-state index is 0.106. The molecule has 1 aliphatic rings. The van der Waals surface area contributed by atoms with Crippen LogP contribution in [-0.2, 0) is 12.0 Å². The lowest BCUT2D eigenvalue weighted by Gasteiger charge is -2.37. The Labute approximate surface area is 223 Å². The molecule has 3 heterocycles. The van der Waals surface area contributed by atoms with Crippen molar-refractivity contribution in [3.63, 3.8) is 0 Å². The van der Waals surface area contributed by atoms with Gasteiger partial charge in [0, 0.05) is 31.2 Å². The summed E-state index contributed by atoms with van der Waals surface area (Å²) in [5.41, 5.74) is 1.96. The maximum absolute atomic E-state index is 13.8. The predicted molar refractivity (Wildman–Crippen MR) is 150 cm³/mol. The van der Waals surface area contributed by atoms with Crippen LogP contribution in [0.4, 0.5) is 0 Å². The minimum atomic E-state index is -0.598. The average molecular weight is 510 g/mol.